The van der Waals surface area contributed by atoms with Crippen LogP contribution in [0, 0.1) is 22.7 Å². The number of nitriles is 2. The number of allylic oxidation sites excluding steroid dienone is 2. The molecule has 5 heteroatoms. The fourth-order valence-electron chi connectivity index (χ4n) is 2.83. The van der Waals surface area contributed by atoms with E-state index in [9.17, 15) is 10.5 Å². The van der Waals surface area contributed by atoms with E-state index in [1.165, 1.54) is 5.01 Å². The highest BCUT2D eigenvalue weighted by Gasteiger charge is 2.30. The predicted molar refractivity (Wildman–Crippen MR) is 95.8 cm³/mol. The Kier molecular flexibility index (Phi) is 4.89. The van der Waals surface area contributed by atoms with E-state index >= 15 is 0 Å². The summed E-state index contributed by atoms with van der Waals surface area (Å²) in [7, 11) is 0. The van der Waals surface area contributed by atoms with Crippen LogP contribution in [0.25, 0.3) is 0 Å². The molecule has 25 heavy (non-hydrogen) atoms. The van der Waals surface area contributed by atoms with Crippen molar-refractivity contribution >= 4 is 5.71 Å². The monoisotopic (exact) mass is 327 g/mol. The van der Waals surface area contributed by atoms with Crippen molar-refractivity contribution in [2.75, 3.05) is 0 Å². The third kappa shape index (κ3) is 3.58. The van der Waals surface area contributed by atoms with Crippen LogP contribution in [0.1, 0.15) is 11.1 Å². The van der Waals surface area contributed by atoms with Gasteiger partial charge in [0.2, 0.25) is 0 Å². The summed E-state index contributed by atoms with van der Waals surface area (Å²) >= 11 is 0. The molecule has 2 aromatic rings. The molecule has 0 bridgehead atoms. The molecule has 1 heterocycles. The second kappa shape index (κ2) is 7.44. The highest BCUT2D eigenvalue weighted by atomic mass is 15.4. The second-order valence-electron chi connectivity index (χ2n) is 5.77. The minimum Gasteiger partial charge on any atom is -0.289 e. The molecule has 0 radical (unpaired) electrons. The first-order valence-corrected chi connectivity index (χ1v) is 7.95. The van der Waals surface area contributed by atoms with Gasteiger partial charge in [-0.1, -0.05) is 60.7 Å². The molecule has 0 aromatic heterocycles. The molecule has 0 amide bonds. The average Bonchev–Trinajstić information content (AvgIpc) is 2.66. The Morgan fingerprint density at radius 1 is 0.920 bits per heavy atom. The minimum atomic E-state index is -0.858. The fourth-order valence-corrected chi connectivity index (χ4v) is 2.83. The van der Waals surface area contributed by atoms with Gasteiger partial charge in [0, 0.05) is 12.8 Å². The van der Waals surface area contributed by atoms with E-state index in [1.807, 2.05) is 66.7 Å². The molecule has 1 aliphatic rings. The normalized spacial score (nSPS) is 16.8. The lowest BCUT2D eigenvalue weighted by molar-refractivity contribution is 0.342. The van der Waals surface area contributed by atoms with Gasteiger partial charge in [-0.2, -0.15) is 10.5 Å². The fraction of sp³-hybridized carbons (Fsp3) is 0.150. The topological polar surface area (TPSA) is 89.2 Å². The Hall–Kier alpha value is -3.41. The molecule has 0 spiro atoms. The molecule has 1 unspecified atom stereocenters. The summed E-state index contributed by atoms with van der Waals surface area (Å²) in [5.41, 5.74) is 3.77. The number of hydrogen-bond donors (Lipinski definition) is 1. The average molecular weight is 327 g/mol. The van der Waals surface area contributed by atoms with Crippen molar-refractivity contribution in [3.63, 3.8) is 0 Å². The van der Waals surface area contributed by atoms with Crippen molar-refractivity contribution in [3.8, 4) is 12.1 Å². The summed E-state index contributed by atoms with van der Waals surface area (Å²) in [6, 6.07) is 23.0. The summed E-state index contributed by atoms with van der Waals surface area (Å²) in [4.78, 5) is 4.47. The Labute approximate surface area is 146 Å². The summed E-state index contributed by atoms with van der Waals surface area (Å²) < 4.78 is 0. The molecule has 0 saturated heterocycles. The van der Waals surface area contributed by atoms with E-state index in [2.05, 4.69) is 11.1 Å². The first-order valence-electron chi connectivity index (χ1n) is 7.95. The van der Waals surface area contributed by atoms with Gasteiger partial charge in [0.15, 0.2) is 11.8 Å². The molecule has 1 aliphatic heterocycles. The van der Waals surface area contributed by atoms with Crippen molar-refractivity contribution in [2.24, 2.45) is 10.8 Å². The van der Waals surface area contributed by atoms with E-state index in [0.717, 1.165) is 22.5 Å². The molecule has 0 saturated carbocycles. The molecule has 0 aliphatic carbocycles. The van der Waals surface area contributed by atoms with E-state index in [-0.39, 0.29) is 5.71 Å². The van der Waals surface area contributed by atoms with Crippen LogP contribution in [0.5, 0.6) is 0 Å². The van der Waals surface area contributed by atoms with Crippen LogP contribution < -0.4 is 5.84 Å². The van der Waals surface area contributed by atoms with Crippen LogP contribution >= 0.6 is 0 Å². The number of nitrogens with zero attached hydrogens (tertiary/aromatic N) is 4. The van der Waals surface area contributed by atoms with Crippen molar-refractivity contribution in [2.45, 2.75) is 18.9 Å². The van der Waals surface area contributed by atoms with Gasteiger partial charge >= 0.3 is 0 Å². The zero-order valence-corrected chi connectivity index (χ0v) is 13.6. The molecular weight excluding hydrogens is 310 g/mol. The zero-order valence-electron chi connectivity index (χ0n) is 13.6. The summed E-state index contributed by atoms with van der Waals surface area (Å²) in [6.07, 6.45) is 1.11. The van der Waals surface area contributed by atoms with Crippen molar-refractivity contribution in [3.05, 3.63) is 83.2 Å². The molecular formula is C20H17N5. The second-order valence-corrected chi connectivity index (χ2v) is 5.77. The van der Waals surface area contributed by atoms with Gasteiger partial charge in [-0.3, -0.25) is 5.01 Å². The number of rotatable bonds is 4. The minimum absolute atomic E-state index is 0.132. The smallest absolute Gasteiger partial charge is 0.183 e. The van der Waals surface area contributed by atoms with E-state index in [1.54, 1.807) is 0 Å². The van der Waals surface area contributed by atoms with Crippen LogP contribution in [0.3, 0.4) is 0 Å². The quantitative estimate of drug-likeness (QED) is 0.874. The lowest BCUT2D eigenvalue weighted by Crippen LogP contribution is -2.47. The lowest BCUT2D eigenvalue weighted by Gasteiger charge is -2.31. The number of hydrogen-bond acceptors (Lipinski definition) is 5. The standard InChI is InChI=1S/C20H17N5/c21-13-18-20(14-22)25(23)19(12-16-9-5-2-6-10-16)17(24-18)11-15-7-3-1-4-8-15/h1-10,20H,11-12,23H2. The highest BCUT2D eigenvalue weighted by molar-refractivity contribution is 6.05. The molecule has 3 rings (SSSR count). The Balaban J connectivity index is 2.04. The van der Waals surface area contributed by atoms with Gasteiger partial charge in [-0.15, -0.1) is 0 Å². The number of benzene rings is 2. The third-order valence-corrected chi connectivity index (χ3v) is 4.10. The maximum Gasteiger partial charge on any atom is 0.183 e. The predicted octanol–water partition coefficient (Wildman–Crippen LogP) is 2.73. The van der Waals surface area contributed by atoms with Gasteiger partial charge in [0.05, 0.1) is 17.5 Å². The highest BCUT2D eigenvalue weighted by Crippen LogP contribution is 2.25. The summed E-state index contributed by atoms with van der Waals surface area (Å²) in [5.74, 6) is 6.21. The molecule has 2 N–H and O–H groups in total. The van der Waals surface area contributed by atoms with Gasteiger partial charge in [0.1, 0.15) is 6.07 Å². The van der Waals surface area contributed by atoms with Crippen molar-refractivity contribution in [1.82, 2.24) is 5.01 Å². The summed E-state index contributed by atoms with van der Waals surface area (Å²) in [5, 5.41) is 20.1. The Morgan fingerprint density at radius 2 is 1.48 bits per heavy atom. The number of nitrogens with two attached hydrogens (primary N) is 1. The third-order valence-electron chi connectivity index (χ3n) is 4.10. The summed E-state index contributed by atoms with van der Waals surface area (Å²) in [6.45, 7) is 0. The van der Waals surface area contributed by atoms with Crippen LogP contribution in [-0.2, 0) is 12.8 Å². The zero-order chi connectivity index (χ0) is 17.6. The Bertz CT molecular complexity index is 885. The molecule has 2 aromatic carbocycles. The lowest BCUT2D eigenvalue weighted by atomic mass is 10.00. The Morgan fingerprint density at radius 3 is 2.00 bits per heavy atom. The number of hydrazine groups is 1. The maximum atomic E-state index is 9.40. The van der Waals surface area contributed by atoms with Gasteiger partial charge < -0.3 is 0 Å². The largest absolute Gasteiger partial charge is 0.289 e. The molecule has 1 atom stereocenters. The van der Waals surface area contributed by atoms with Gasteiger partial charge in [0.25, 0.3) is 0 Å². The van der Waals surface area contributed by atoms with Crippen LogP contribution in [0.2, 0.25) is 0 Å². The van der Waals surface area contributed by atoms with Crippen LogP contribution in [-0.4, -0.2) is 16.8 Å². The maximum absolute atomic E-state index is 9.40. The van der Waals surface area contributed by atoms with Crippen molar-refractivity contribution < 1.29 is 0 Å². The molecule has 122 valence electrons. The van der Waals surface area contributed by atoms with Gasteiger partial charge in [-0.05, 0) is 11.1 Å². The van der Waals surface area contributed by atoms with Crippen LogP contribution in [0.4, 0.5) is 0 Å². The SMILES string of the molecule is N#CC1=NC(Cc2ccccc2)=C(Cc2ccccc2)N(N)C1C#N. The van der Waals surface area contributed by atoms with Gasteiger partial charge in [-0.25, -0.2) is 10.8 Å². The van der Waals surface area contributed by atoms with Crippen molar-refractivity contribution in [1.29, 1.82) is 10.5 Å². The molecule has 5 nitrogen and oxygen atoms in total. The molecule has 0 fully saturated rings. The van der Waals surface area contributed by atoms with Crippen LogP contribution in [0.15, 0.2) is 77.1 Å². The first-order chi connectivity index (χ1) is 12.2. The van der Waals surface area contributed by atoms with E-state index in [4.69, 9.17) is 5.84 Å². The van der Waals surface area contributed by atoms with E-state index < -0.39 is 6.04 Å². The first kappa shape index (κ1) is 16.4. The number of aliphatic imine (C=N–C) groups is 1. The van der Waals surface area contributed by atoms with E-state index in [0.29, 0.717) is 12.8 Å².